The Morgan fingerprint density at radius 3 is 2.77 bits per heavy atom. The summed E-state index contributed by atoms with van der Waals surface area (Å²) in [4.78, 5) is 36.4. The van der Waals surface area contributed by atoms with Crippen molar-refractivity contribution in [2.45, 2.75) is 45.6 Å². The molecule has 2 N–H and O–H groups in total. The molecule has 3 atom stereocenters. The summed E-state index contributed by atoms with van der Waals surface area (Å²) in [6.07, 6.45) is -0.900. The topological polar surface area (TPSA) is 111 Å². The standard InChI is InChI=1S/C14H20N2O6/c1-4-10(18)21-7-8-11(19)14(2,3)12(22-8)16-6-5-9(17)15-13(16)20/h5-6,8,11-12,19H,4,7H2,1-3H3,(H,15,17,20)/t8-,11?,12-/m1/s1. The van der Waals surface area contributed by atoms with Gasteiger partial charge in [-0.3, -0.25) is 19.1 Å². The first kappa shape index (κ1) is 16.4. The van der Waals surface area contributed by atoms with E-state index in [4.69, 9.17) is 9.47 Å². The molecule has 122 valence electrons. The molecule has 1 unspecified atom stereocenters. The number of H-pyrrole nitrogens is 1. The molecule has 1 aromatic heterocycles. The Balaban J connectivity index is 2.24. The molecule has 0 amide bonds. The Labute approximate surface area is 126 Å². The highest BCUT2D eigenvalue weighted by atomic mass is 16.6. The fourth-order valence-corrected chi connectivity index (χ4v) is 2.48. The number of carbonyl (C=O) groups is 1. The van der Waals surface area contributed by atoms with Crippen molar-refractivity contribution in [1.82, 2.24) is 9.55 Å². The van der Waals surface area contributed by atoms with Crippen LogP contribution in [0.25, 0.3) is 0 Å². The maximum absolute atomic E-state index is 11.9. The summed E-state index contributed by atoms with van der Waals surface area (Å²) >= 11 is 0. The highest BCUT2D eigenvalue weighted by molar-refractivity contribution is 5.68. The molecule has 1 aromatic rings. The first-order valence-corrected chi connectivity index (χ1v) is 7.08. The molecule has 0 saturated carbocycles. The Bertz CT molecular complexity index is 662. The number of nitrogens with zero attached hydrogens (tertiary/aromatic N) is 1. The van der Waals surface area contributed by atoms with Gasteiger partial charge in [-0.25, -0.2) is 4.79 Å². The number of hydrogen-bond donors (Lipinski definition) is 2. The van der Waals surface area contributed by atoms with Crippen molar-refractivity contribution >= 4 is 5.97 Å². The second-order valence-corrected chi connectivity index (χ2v) is 5.85. The van der Waals surface area contributed by atoms with Crippen LogP contribution in [-0.2, 0) is 14.3 Å². The van der Waals surface area contributed by atoms with Crippen LogP contribution in [-0.4, -0.2) is 39.4 Å². The predicted molar refractivity (Wildman–Crippen MR) is 76.3 cm³/mol. The summed E-state index contributed by atoms with van der Waals surface area (Å²) in [5.74, 6) is -0.390. The van der Waals surface area contributed by atoms with Gasteiger partial charge in [-0.1, -0.05) is 20.8 Å². The van der Waals surface area contributed by atoms with Gasteiger partial charge in [-0.2, -0.15) is 0 Å². The average molecular weight is 312 g/mol. The van der Waals surface area contributed by atoms with Crippen molar-refractivity contribution in [1.29, 1.82) is 0 Å². The van der Waals surface area contributed by atoms with Gasteiger partial charge in [0, 0.05) is 24.1 Å². The van der Waals surface area contributed by atoms with Crippen molar-refractivity contribution in [3.8, 4) is 0 Å². The normalized spacial score (nSPS) is 26.8. The fraction of sp³-hybridized carbons (Fsp3) is 0.643. The third kappa shape index (κ3) is 2.97. The monoisotopic (exact) mass is 312 g/mol. The number of hydrogen-bond acceptors (Lipinski definition) is 6. The number of carbonyl (C=O) groups excluding carboxylic acids is 1. The minimum Gasteiger partial charge on any atom is -0.463 e. The minimum atomic E-state index is -0.930. The van der Waals surface area contributed by atoms with E-state index in [1.807, 2.05) is 0 Å². The zero-order valence-electron chi connectivity index (χ0n) is 12.7. The smallest absolute Gasteiger partial charge is 0.330 e. The summed E-state index contributed by atoms with van der Waals surface area (Å²) in [6.45, 7) is 5.05. The molecular formula is C14H20N2O6. The first-order chi connectivity index (χ1) is 10.3. The van der Waals surface area contributed by atoms with Crippen LogP contribution in [0.2, 0.25) is 0 Å². The summed E-state index contributed by atoms with van der Waals surface area (Å²) in [7, 11) is 0. The van der Waals surface area contributed by atoms with Gasteiger partial charge < -0.3 is 14.6 Å². The SMILES string of the molecule is CCC(=O)OC[C@H]1O[C@@H](n2ccc(=O)[nH]c2=O)C(C)(C)C1O. The molecular weight excluding hydrogens is 292 g/mol. The van der Waals surface area contributed by atoms with Crippen LogP contribution in [0.1, 0.15) is 33.4 Å². The summed E-state index contributed by atoms with van der Waals surface area (Å²) in [6, 6.07) is 1.21. The molecule has 1 fully saturated rings. The summed E-state index contributed by atoms with van der Waals surface area (Å²) in [5.41, 5.74) is -1.93. The van der Waals surface area contributed by atoms with Crippen molar-refractivity contribution < 1.29 is 19.4 Å². The zero-order valence-corrected chi connectivity index (χ0v) is 12.7. The van der Waals surface area contributed by atoms with Crippen LogP contribution >= 0.6 is 0 Å². The molecule has 1 aliphatic rings. The van der Waals surface area contributed by atoms with E-state index in [1.54, 1.807) is 20.8 Å². The third-order valence-corrected chi connectivity index (χ3v) is 3.86. The Morgan fingerprint density at radius 1 is 1.50 bits per heavy atom. The molecule has 1 saturated heterocycles. The fourth-order valence-electron chi connectivity index (χ4n) is 2.48. The van der Waals surface area contributed by atoms with Crippen molar-refractivity contribution in [3.63, 3.8) is 0 Å². The maximum atomic E-state index is 11.9. The molecule has 22 heavy (non-hydrogen) atoms. The lowest BCUT2D eigenvalue weighted by molar-refractivity contribution is -0.149. The summed E-state index contributed by atoms with van der Waals surface area (Å²) < 4.78 is 11.9. The number of ether oxygens (including phenoxy) is 2. The lowest BCUT2D eigenvalue weighted by Gasteiger charge is -2.28. The Kier molecular flexibility index (Phi) is 4.52. The molecule has 0 aliphatic carbocycles. The predicted octanol–water partition coefficient (Wildman–Crippen LogP) is -0.226. The van der Waals surface area contributed by atoms with Crippen LogP contribution in [0.4, 0.5) is 0 Å². The lowest BCUT2D eigenvalue weighted by atomic mass is 9.84. The van der Waals surface area contributed by atoms with Gasteiger partial charge in [-0.15, -0.1) is 0 Å². The van der Waals surface area contributed by atoms with Crippen LogP contribution in [0, 0.1) is 5.41 Å². The second kappa shape index (κ2) is 6.05. The van der Waals surface area contributed by atoms with E-state index in [0.717, 1.165) is 0 Å². The van der Waals surface area contributed by atoms with E-state index in [-0.39, 0.29) is 13.0 Å². The summed E-state index contributed by atoms with van der Waals surface area (Å²) in [5, 5.41) is 10.4. The molecule has 2 heterocycles. The van der Waals surface area contributed by atoms with Gasteiger partial charge in [0.15, 0.2) is 0 Å². The number of esters is 1. The van der Waals surface area contributed by atoms with E-state index < -0.39 is 41.1 Å². The lowest BCUT2D eigenvalue weighted by Crippen LogP contribution is -2.39. The van der Waals surface area contributed by atoms with Crippen molar-refractivity contribution in [2.75, 3.05) is 6.61 Å². The second-order valence-electron chi connectivity index (χ2n) is 5.85. The highest BCUT2D eigenvalue weighted by Crippen LogP contribution is 2.44. The number of aliphatic hydroxyl groups excluding tert-OH is 1. The van der Waals surface area contributed by atoms with Crippen LogP contribution < -0.4 is 11.2 Å². The quantitative estimate of drug-likeness (QED) is 0.743. The van der Waals surface area contributed by atoms with Gasteiger partial charge in [0.2, 0.25) is 0 Å². The van der Waals surface area contributed by atoms with E-state index in [2.05, 4.69) is 4.98 Å². The maximum Gasteiger partial charge on any atom is 0.330 e. The Morgan fingerprint density at radius 2 is 2.18 bits per heavy atom. The van der Waals surface area contributed by atoms with Gasteiger partial charge >= 0.3 is 11.7 Å². The molecule has 8 nitrogen and oxygen atoms in total. The van der Waals surface area contributed by atoms with E-state index in [9.17, 15) is 19.5 Å². The van der Waals surface area contributed by atoms with Crippen LogP contribution in [0.5, 0.6) is 0 Å². The molecule has 1 aliphatic heterocycles. The zero-order chi connectivity index (χ0) is 16.5. The van der Waals surface area contributed by atoms with Crippen molar-refractivity contribution in [2.24, 2.45) is 5.41 Å². The molecule has 8 heteroatoms. The van der Waals surface area contributed by atoms with Crippen molar-refractivity contribution in [3.05, 3.63) is 33.1 Å². The molecule has 0 radical (unpaired) electrons. The Hall–Kier alpha value is -1.93. The third-order valence-electron chi connectivity index (χ3n) is 3.86. The largest absolute Gasteiger partial charge is 0.463 e. The minimum absolute atomic E-state index is 0.0914. The number of aliphatic hydroxyl groups is 1. The molecule has 2 rings (SSSR count). The van der Waals surface area contributed by atoms with Crippen LogP contribution in [0.3, 0.4) is 0 Å². The average Bonchev–Trinajstić information content (AvgIpc) is 2.68. The van der Waals surface area contributed by atoms with Gasteiger partial charge in [0.1, 0.15) is 18.9 Å². The van der Waals surface area contributed by atoms with Gasteiger partial charge in [0.25, 0.3) is 5.56 Å². The van der Waals surface area contributed by atoms with Gasteiger partial charge in [0.05, 0.1) is 6.10 Å². The molecule has 0 aromatic carbocycles. The van der Waals surface area contributed by atoms with E-state index >= 15 is 0 Å². The van der Waals surface area contributed by atoms with Gasteiger partial charge in [-0.05, 0) is 0 Å². The van der Waals surface area contributed by atoms with Crippen LogP contribution in [0.15, 0.2) is 21.9 Å². The number of nitrogens with one attached hydrogen (secondary N) is 1. The number of aromatic nitrogens is 2. The highest BCUT2D eigenvalue weighted by Gasteiger charge is 2.51. The van der Waals surface area contributed by atoms with E-state index in [1.165, 1.54) is 16.8 Å². The molecule has 0 bridgehead atoms. The first-order valence-electron chi connectivity index (χ1n) is 7.08. The number of rotatable bonds is 4. The molecule has 0 spiro atoms. The number of aromatic amines is 1. The van der Waals surface area contributed by atoms with E-state index in [0.29, 0.717) is 0 Å².